The summed E-state index contributed by atoms with van der Waals surface area (Å²) in [6.45, 7) is 13.7. The molecule has 1 aliphatic rings. The van der Waals surface area contributed by atoms with Gasteiger partial charge in [-0.25, -0.2) is 0 Å². The van der Waals surface area contributed by atoms with E-state index in [1.807, 2.05) is 26.8 Å². The van der Waals surface area contributed by atoms with Gasteiger partial charge in [-0.15, -0.1) is 6.58 Å². The van der Waals surface area contributed by atoms with E-state index in [1.54, 1.807) is 0 Å². The second-order valence-corrected chi connectivity index (χ2v) is 6.21. The third-order valence-electron chi connectivity index (χ3n) is 3.44. The third kappa shape index (κ3) is 4.67. The van der Waals surface area contributed by atoms with Crippen molar-refractivity contribution in [2.75, 3.05) is 0 Å². The molecule has 0 spiro atoms. The van der Waals surface area contributed by atoms with Gasteiger partial charge >= 0.3 is 5.97 Å². The van der Waals surface area contributed by atoms with E-state index >= 15 is 0 Å². The number of hydrogen-bond acceptors (Lipinski definition) is 2. The average Bonchev–Trinajstić information content (AvgIpc) is 2.21. The molecule has 1 saturated carbocycles. The van der Waals surface area contributed by atoms with Crippen LogP contribution >= 0.6 is 0 Å². The van der Waals surface area contributed by atoms with Crippen LogP contribution in [0.1, 0.15) is 52.9 Å². The highest BCUT2D eigenvalue weighted by Gasteiger charge is 2.28. The summed E-state index contributed by atoms with van der Waals surface area (Å²) >= 11 is 0. The van der Waals surface area contributed by atoms with Gasteiger partial charge < -0.3 is 4.74 Å². The standard InChI is InChI=1S/C16H26O2/c1-6-8-13-9-7-10-14(12(13)2)11-15(17)18-16(3,4)5/h6,13-14H,1-2,7-11H2,3-5H3. The molecule has 18 heavy (non-hydrogen) atoms. The Hall–Kier alpha value is -1.05. The molecular formula is C16H26O2. The summed E-state index contributed by atoms with van der Waals surface area (Å²) in [5, 5.41) is 0. The van der Waals surface area contributed by atoms with Crippen LogP contribution in [0.3, 0.4) is 0 Å². The molecule has 2 heteroatoms. The summed E-state index contributed by atoms with van der Waals surface area (Å²) in [5.41, 5.74) is 0.820. The zero-order valence-corrected chi connectivity index (χ0v) is 12.0. The molecule has 0 bridgehead atoms. The molecule has 0 radical (unpaired) electrons. The van der Waals surface area contributed by atoms with E-state index in [-0.39, 0.29) is 5.97 Å². The highest BCUT2D eigenvalue weighted by atomic mass is 16.6. The Morgan fingerprint density at radius 2 is 2.00 bits per heavy atom. The maximum atomic E-state index is 11.9. The number of ether oxygens (including phenoxy) is 1. The fraction of sp³-hybridized carbons (Fsp3) is 0.688. The first-order valence-corrected chi connectivity index (χ1v) is 6.85. The summed E-state index contributed by atoms with van der Waals surface area (Å²) < 4.78 is 5.38. The van der Waals surface area contributed by atoms with Crippen molar-refractivity contribution in [2.45, 2.75) is 58.5 Å². The lowest BCUT2D eigenvalue weighted by Gasteiger charge is -2.31. The minimum absolute atomic E-state index is 0.104. The number of carbonyl (C=O) groups excluding carboxylic acids is 1. The van der Waals surface area contributed by atoms with E-state index in [2.05, 4.69) is 13.2 Å². The van der Waals surface area contributed by atoms with Gasteiger partial charge in [-0.1, -0.05) is 24.6 Å². The molecule has 2 unspecified atom stereocenters. The first-order valence-electron chi connectivity index (χ1n) is 6.85. The molecular weight excluding hydrogens is 224 g/mol. The molecule has 0 aromatic carbocycles. The normalized spacial score (nSPS) is 24.7. The van der Waals surface area contributed by atoms with E-state index in [0.717, 1.165) is 12.8 Å². The Labute approximate surface area is 111 Å². The van der Waals surface area contributed by atoms with Crippen molar-refractivity contribution in [3.05, 3.63) is 24.8 Å². The number of allylic oxidation sites excluding steroid dienone is 2. The van der Waals surface area contributed by atoms with Gasteiger partial charge in [0.25, 0.3) is 0 Å². The molecule has 0 heterocycles. The van der Waals surface area contributed by atoms with Gasteiger partial charge in [0.05, 0.1) is 6.42 Å². The molecule has 0 aromatic rings. The topological polar surface area (TPSA) is 26.3 Å². The van der Waals surface area contributed by atoms with Crippen LogP contribution in [0, 0.1) is 11.8 Å². The second kappa shape index (κ2) is 6.21. The zero-order valence-electron chi connectivity index (χ0n) is 12.0. The average molecular weight is 250 g/mol. The Morgan fingerprint density at radius 3 is 2.56 bits per heavy atom. The molecule has 102 valence electrons. The number of rotatable bonds is 4. The Morgan fingerprint density at radius 1 is 1.39 bits per heavy atom. The van der Waals surface area contributed by atoms with E-state index in [9.17, 15) is 4.79 Å². The van der Waals surface area contributed by atoms with Crippen molar-refractivity contribution in [2.24, 2.45) is 11.8 Å². The van der Waals surface area contributed by atoms with Crippen molar-refractivity contribution >= 4 is 5.97 Å². The summed E-state index contributed by atoms with van der Waals surface area (Å²) in [5.74, 6) is 0.690. The predicted molar refractivity (Wildman–Crippen MR) is 75.2 cm³/mol. The molecule has 0 aromatic heterocycles. The highest BCUT2D eigenvalue weighted by molar-refractivity contribution is 5.70. The lowest BCUT2D eigenvalue weighted by molar-refractivity contribution is -0.155. The summed E-state index contributed by atoms with van der Waals surface area (Å²) in [7, 11) is 0. The van der Waals surface area contributed by atoms with Gasteiger partial charge in [-0.2, -0.15) is 0 Å². The lowest BCUT2D eigenvalue weighted by Crippen LogP contribution is -2.27. The van der Waals surface area contributed by atoms with Gasteiger partial charge in [0, 0.05) is 0 Å². The number of hydrogen-bond donors (Lipinski definition) is 0. The van der Waals surface area contributed by atoms with Crippen molar-refractivity contribution in [1.29, 1.82) is 0 Å². The van der Waals surface area contributed by atoms with Crippen molar-refractivity contribution < 1.29 is 9.53 Å². The molecule has 2 atom stereocenters. The quantitative estimate of drug-likeness (QED) is 0.550. The first kappa shape index (κ1) is 15.0. The minimum atomic E-state index is -0.395. The minimum Gasteiger partial charge on any atom is -0.460 e. The SMILES string of the molecule is C=CCC1CCCC(CC(=O)OC(C)(C)C)C1=C. The molecule has 0 N–H and O–H groups in total. The fourth-order valence-electron chi connectivity index (χ4n) is 2.60. The van der Waals surface area contributed by atoms with Crippen LogP contribution in [0.25, 0.3) is 0 Å². The van der Waals surface area contributed by atoms with Crippen LogP contribution in [-0.2, 0) is 9.53 Å². The van der Waals surface area contributed by atoms with Gasteiger partial charge in [-0.3, -0.25) is 4.79 Å². The molecule has 2 nitrogen and oxygen atoms in total. The summed E-state index contributed by atoms with van der Waals surface area (Å²) in [4.78, 5) is 11.9. The van der Waals surface area contributed by atoms with Crippen LogP contribution in [-0.4, -0.2) is 11.6 Å². The number of esters is 1. The Kier molecular flexibility index (Phi) is 5.18. The largest absolute Gasteiger partial charge is 0.460 e. The molecule has 0 amide bonds. The summed E-state index contributed by atoms with van der Waals surface area (Å²) in [6, 6.07) is 0. The Balaban J connectivity index is 2.53. The van der Waals surface area contributed by atoms with Gasteiger partial charge in [-0.05, 0) is 51.9 Å². The van der Waals surface area contributed by atoms with Crippen molar-refractivity contribution in [1.82, 2.24) is 0 Å². The molecule has 0 saturated heterocycles. The number of carbonyl (C=O) groups is 1. The van der Waals surface area contributed by atoms with Gasteiger partial charge in [0.2, 0.25) is 0 Å². The van der Waals surface area contributed by atoms with E-state index in [4.69, 9.17) is 4.74 Å². The van der Waals surface area contributed by atoms with Crippen LogP contribution < -0.4 is 0 Å². The molecule has 1 aliphatic carbocycles. The third-order valence-corrected chi connectivity index (χ3v) is 3.44. The maximum Gasteiger partial charge on any atom is 0.306 e. The zero-order chi connectivity index (χ0) is 13.8. The smallest absolute Gasteiger partial charge is 0.306 e. The molecule has 0 aliphatic heterocycles. The highest BCUT2D eigenvalue weighted by Crippen LogP contribution is 2.37. The second-order valence-electron chi connectivity index (χ2n) is 6.21. The monoisotopic (exact) mass is 250 g/mol. The summed E-state index contributed by atoms with van der Waals surface area (Å²) in [6.07, 6.45) is 6.81. The van der Waals surface area contributed by atoms with E-state index < -0.39 is 5.60 Å². The van der Waals surface area contributed by atoms with E-state index in [0.29, 0.717) is 18.3 Å². The van der Waals surface area contributed by atoms with Crippen LogP contribution in [0.2, 0.25) is 0 Å². The van der Waals surface area contributed by atoms with Gasteiger partial charge in [0.15, 0.2) is 0 Å². The lowest BCUT2D eigenvalue weighted by atomic mass is 9.75. The van der Waals surface area contributed by atoms with Crippen molar-refractivity contribution in [3.63, 3.8) is 0 Å². The molecule has 1 fully saturated rings. The fourth-order valence-corrected chi connectivity index (χ4v) is 2.60. The van der Waals surface area contributed by atoms with Crippen LogP contribution in [0.4, 0.5) is 0 Å². The molecule has 1 rings (SSSR count). The predicted octanol–water partition coefficient (Wildman–Crippen LogP) is 4.27. The maximum absolute atomic E-state index is 11.9. The first-order chi connectivity index (χ1) is 8.33. The van der Waals surface area contributed by atoms with E-state index in [1.165, 1.54) is 18.4 Å². The Bertz CT molecular complexity index is 322. The van der Waals surface area contributed by atoms with Crippen LogP contribution in [0.5, 0.6) is 0 Å². The van der Waals surface area contributed by atoms with Crippen LogP contribution in [0.15, 0.2) is 24.8 Å². The van der Waals surface area contributed by atoms with Crippen molar-refractivity contribution in [3.8, 4) is 0 Å². The van der Waals surface area contributed by atoms with Gasteiger partial charge in [0.1, 0.15) is 5.60 Å².